The summed E-state index contributed by atoms with van der Waals surface area (Å²) in [4.78, 5) is 24.4. The zero-order chi connectivity index (χ0) is 16.9. The molecule has 24 heavy (non-hydrogen) atoms. The van der Waals surface area contributed by atoms with Gasteiger partial charge in [-0.05, 0) is 30.5 Å². The molecule has 120 valence electrons. The fraction of sp³-hybridized carbons (Fsp3) is 0.100. The van der Waals surface area contributed by atoms with Crippen molar-refractivity contribution in [3.05, 3.63) is 78.4 Å². The number of benzene rings is 3. The normalized spacial score (nSPS) is 11.7. The molecular formula is C20H17NO3. The average Bonchev–Trinajstić information content (AvgIpc) is 2.62. The van der Waals surface area contributed by atoms with Crippen molar-refractivity contribution >= 4 is 28.3 Å². The van der Waals surface area contributed by atoms with Gasteiger partial charge in [-0.15, -0.1) is 0 Å². The van der Waals surface area contributed by atoms with Crippen LogP contribution >= 0.6 is 0 Å². The summed E-state index contributed by atoms with van der Waals surface area (Å²) in [5.74, 6) is -0.883. The fourth-order valence-corrected chi connectivity index (χ4v) is 2.43. The maximum absolute atomic E-state index is 12.3. The minimum atomic E-state index is -0.892. The summed E-state index contributed by atoms with van der Waals surface area (Å²) in [7, 11) is 0. The van der Waals surface area contributed by atoms with Gasteiger partial charge < -0.3 is 10.1 Å². The number of fused-ring (bicyclic) bond motifs is 1. The maximum atomic E-state index is 12.3. The molecule has 0 aliphatic heterocycles. The van der Waals surface area contributed by atoms with Gasteiger partial charge in [-0.2, -0.15) is 0 Å². The van der Waals surface area contributed by atoms with E-state index in [2.05, 4.69) is 5.32 Å². The molecule has 1 N–H and O–H groups in total. The molecule has 0 heterocycles. The summed E-state index contributed by atoms with van der Waals surface area (Å²) in [5, 5.41) is 4.80. The highest BCUT2D eigenvalue weighted by Crippen LogP contribution is 2.23. The molecule has 0 saturated heterocycles. The smallest absolute Gasteiger partial charge is 0.338 e. The van der Waals surface area contributed by atoms with Crippen molar-refractivity contribution in [2.75, 3.05) is 5.32 Å². The highest BCUT2D eigenvalue weighted by molar-refractivity contribution is 6.04. The van der Waals surface area contributed by atoms with E-state index in [1.165, 1.54) is 0 Å². The first-order valence-electron chi connectivity index (χ1n) is 7.70. The lowest BCUT2D eigenvalue weighted by Gasteiger charge is -2.14. The Morgan fingerprint density at radius 3 is 2.33 bits per heavy atom. The first kappa shape index (κ1) is 15.7. The van der Waals surface area contributed by atoms with Crippen molar-refractivity contribution in [3.63, 3.8) is 0 Å². The van der Waals surface area contributed by atoms with Crippen LogP contribution in [0.15, 0.2) is 72.8 Å². The molecule has 0 fully saturated rings. The van der Waals surface area contributed by atoms with Crippen LogP contribution in [0.1, 0.15) is 17.3 Å². The van der Waals surface area contributed by atoms with E-state index in [1.54, 1.807) is 31.2 Å². The van der Waals surface area contributed by atoms with Crippen molar-refractivity contribution in [2.45, 2.75) is 13.0 Å². The molecule has 0 aromatic heterocycles. The van der Waals surface area contributed by atoms with Gasteiger partial charge in [-0.1, -0.05) is 54.6 Å². The fourth-order valence-electron chi connectivity index (χ4n) is 2.43. The lowest BCUT2D eigenvalue weighted by atomic mass is 10.1. The monoisotopic (exact) mass is 319 g/mol. The van der Waals surface area contributed by atoms with Gasteiger partial charge in [-0.3, -0.25) is 4.79 Å². The van der Waals surface area contributed by atoms with Crippen molar-refractivity contribution in [3.8, 4) is 0 Å². The molecule has 0 aliphatic carbocycles. The molecule has 0 bridgehead atoms. The Kier molecular flexibility index (Phi) is 4.57. The second-order valence-corrected chi connectivity index (χ2v) is 5.43. The van der Waals surface area contributed by atoms with E-state index in [0.29, 0.717) is 11.3 Å². The summed E-state index contributed by atoms with van der Waals surface area (Å²) in [6.07, 6.45) is -0.892. The van der Waals surface area contributed by atoms with Gasteiger partial charge in [0.15, 0.2) is 6.10 Å². The molecule has 4 nitrogen and oxygen atoms in total. The van der Waals surface area contributed by atoms with Gasteiger partial charge in [0.05, 0.1) is 5.56 Å². The minimum absolute atomic E-state index is 0.365. The van der Waals surface area contributed by atoms with E-state index < -0.39 is 12.1 Å². The molecule has 0 spiro atoms. The van der Waals surface area contributed by atoms with E-state index in [0.717, 1.165) is 10.8 Å². The first-order chi connectivity index (χ1) is 11.6. The number of carbonyl (C=O) groups excluding carboxylic acids is 2. The Morgan fingerprint density at radius 1 is 0.875 bits per heavy atom. The van der Waals surface area contributed by atoms with Crippen molar-refractivity contribution < 1.29 is 14.3 Å². The van der Waals surface area contributed by atoms with Gasteiger partial charge in [0.25, 0.3) is 5.91 Å². The Morgan fingerprint density at radius 2 is 1.54 bits per heavy atom. The third-order valence-corrected chi connectivity index (χ3v) is 3.71. The van der Waals surface area contributed by atoms with Crippen LogP contribution < -0.4 is 5.32 Å². The Hall–Kier alpha value is -3.14. The number of ether oxygens (including phenoxy) is 1. The molecule has 3 rings (SSSR count). The van der Waals surface area contributed by atoms with Crippen molar-refractivity contribution in [1.82, 2.24) is 0 Å². The number of amides is 1. The van der Waals surface area contributed by atoms with Crippen LogP contribution in [0, 0.1) is 0 Å². The maximum Gasteiger partial charge on any atom is 0.338 e. The van der Waals surface area contributed by atoms with Gasteiger partial charge in [-0.25, -0.2) is 4.79 Å². The van der Waals surface area contributed by atoms with Crippen LogP contribution in [-0.4, -0.2) is 18.0 Å². The lowest BCUT2D eigenvalue weighted by Crippen LogP contribution is -2.30. The Bertz CT molecular complexity index is 869. The Labute approximate surface area is 140 Å². The summed E-state index contributed by atoms with van der Waals surface area (Å²) in [6.45, 7) is 1.56. The molecule has 3 aromatic carbocycles. The van der Waals surface area contributed by atoms with E-state index >= 15 is 0 Å². The number of esters is 1. The largest absolute Gasteiger partial charge is 0.449 e. The molecular weight excluding hydrogens is 302 g/mol. The second kappa shape index (κ2) is 6.96. The van der Waals surface area contributed by atoms with Gasteiger partial charge >= 0.3 is 5.97 Å². The molecule has 3 aromatic rings. The number of hydrogen-bond acceptors (Lipinski definition) is 3. The first-order valence-corrected chi connectivity index (χ1v) is 7.70. The van der Waals surface area contributed by atoms with Crippen LogP contribution in [0.5, 0.6) is 0 Å². The number of rotatable bonds is 4. The van der Waals surface area contributed by atoms with E-state index in [4.69, 9.17) is 4.74 Å². The summed E-state index contributed by atoms with van der Waals surface area (Å²) in [6, 6.07) is 22.1. The quantitative estimate of drug-likeness (QED) is 0.739. The molecule has 0 radical (unpaired) electrons. The zero-order valence-corrected chi connectivity index (χ0v) is 13.2. The van der Waals surface area contributed by atoms with Crippen LogP contribution in [0.3, 0.4) is 0 Å². The topological polar surface area (TPSA) is 55.4 Å². The van der Waals surface area contributed by atoms with Crippen LogP contribution in [0.2, 0.25) is 0 Å². The predicted molar refractivity (Wildman–Crippen MR) is 93.9 cm³/mol. The summed E-state index contributed by atoms with van der Waals surface area (Å²) in [5.41, 5.74) is 1.11. The number of nitrogens with one attached hydrogen (secondary N) is 1. The molecule has 0 aliphatic rings. The van der Waals surface area contributed by atoms with Crippen molar-refractivity contribution in [1.29, 1.82) is 0 Å². The van der Waals surface area contributed by atoms with Gasteiger partial charge in [0, 0.05) is 11.1 Å². The lowest BCUT2D eigenvalue weighted by molar-refractivity contribution is -0.123. The summed E-state index contributed by atoms with van der Waals surface area (Å²) >= 11 is 0. The van der Waals surface area contributed by atoms with E-state index in [1.807, 2.05) is 48.5 Å². The van der Waals surface area contributed by atoms with Gasteiger partial charge in [0.2, 0.25) is 0 Å². The number of hydrogen-bond donors (Lipinski definition) is 1. The highest BCUT2D eigenvalue weighted by Gasteiger charge is 2.19. The summed E-state index contributed by atoms with van der Waals surface area (Å²) < 4.78 is 5.23. The molecule has 4 heteroatoms. The number of carbonyl (C=O) groups is 2. The number of anilines is 1. The Balaban J connectivity index is 1.71. The van der Waals surface area contributed by atoms with Gasteiger partial charge in [0.1, 0.15) is 0 Å². The SMILES string of the molecule is C[C@@H](OC(=O)c1ccccc1)C(=O)Nc1cccc2ccccc12. The molecule has 0 unspecified atom stereocenters. The second-order valence-electron chi connectivity index (χ2n) is 5.43. The third kappa shape index (κ3) is 3.43. The molecule has 1 atom stereocenters. The predicted octanol–water partition coefficient (Wildman–Crippen LogP) is 4.02. The highest BCUT2D eigenvalue weighted by atomic mass is 16.5. The van der Waals surface area contributed by atoms with Crippen molar-refractivity contribution in [2.24, 2.45) is 0 Å². The standard InChI is InChI=1S/C20H17NO3/c1-14(24-20(23)16-9-3-2-4-10-16)19(22)21-18-13-7-11-15-8-5-6-12-17(15)18/h2-14H,1H3,(H,21,22)/t14-/m1/s1. The van der Waals surface area contributed by atoms with E-state index in [-0.39, 0.29) is 5.91 Å². The molecule has 1 amide bonds. The van der Waals surface area contributed by atoms with Crippen LogP contribution in [-0.2, 0) is 9.53 Å². The van der Waals surface area contributed by atoms with E-state index in [9.17, 15) is 9.59 Å². The minimum Gasteiger partial charge on any atom is -0.449 e. The molecule has 0 saturated carbocycles. The van der Waals surface area contributed by atoms with Crippen LogP contribution in [0.25, 0.3) is 10.8 Å². The third-order valence-electron chi connectivity index (χ3n) is 3.71. The zero-order valence-electron chi connectivity index (χ0n) is 13.2. The average molecular weight is 319 g/mol. The van der Waals surface area contributed by atoms with Crippen LogP contribution in [0.4, 0.5) is 5.69 Å².